The first-order chi connectivity index (χ1) is 9.72. The van der Waals surface area contributed by atoms with E-state index in [0.29, 0.717) is 0 Å². The minimum atomic E-state index is -1.53. The van der Waals surface area contributed by atoms with Crippen LogP contribution in [0.4, 0.5) is 0 Å². The quantitative estimate of drug-likeness (QED) is 0.511. The summed E-state index contributed by atoms with van der Waals surface area (Å²) in [4.78, 5) is 33.0. The van der Waals surface area contributed by atoms with Crippen molar-refractivity contribution in [3.8, 4) is 0 Å². The maximum atomic E-state index is 11.1. The number of aliphatic hydroxyl groups is 2. The largest absolute Gasteiger partial charge is 0.463 e. The van der Waals surface area contributed by atoms with E-state index in [-0.39, 0.29) is 6.61 Å². The van der Waals surface area contributed by atoms with Crippen LogP contribution in [0.3, 0.4) is 0 Å². The fraction of sp³-hybridized carbons (Fsp3) is 0.750. The summed E-state index contributed by atoms with van der Waals surface area (Å²) in [6.07, 6.45) is -5.19. The molecule has 0 aromatic heterocycles. The van der Waals surface area contributed by atoms with E-state index in [1.54, 1.807) is 0 Å². The summed E-state index contributed by atoms with van der Waals surface area (Å²) < 4.78 is 14.8. The van der Waals surface area contributed by atoms with Gasteiger partial charge in [0, 0.05) is 20.8 Å². The van der Waals surface area contributed by atoms with Crippen molar-refractivity contribution in [3.05, 3.63) is 0 Å². The summed E-state index contributed by atoms with van der Waals surface area (Å²) in [5.74, 6) is -1.77. The smallest absolute Gasteiger partial charge is 0.303 e. The topological polar surface area (TPSA) is 131 Å². The molecule has 0 spiro atoms. The van der Waals surface area contributed by atoms with Crippen molar-refractivity contribution in [2.24, 2.45) is 0 Å². The van der Waals surface area contributed by atoms with Gasteiger partial charge in [0.2, 0.25) is 5.91 Å². The molecule has 5 atom stereocenters. The monoisotopic (exact) mass is 305 g/mol. The van der Waals surface area contributed by atoms with Crippen LogP contribution in [0, 0.1) is 0 Å². The summed E-state index contributed by atoms with van der Waals surface area (Å²) in [6, 6.07) is -1.17. The maximum Gasteiger partial charge on any atom is 0.303 e. The minimum Gasteiger partial charge on any atom is -0.463 e. The van der Waals surface area contributed by atoms with Crippen LogP contribution in [-0.4, -0.2) is 65.3 Å². The maximum absolute atomic E-state index is 11.1. The molecule has 0 aromatic carbocycles. The second-order valence-corrected chi connectivity index (χ2v) is 4.66. The third kappa shape index (κ3) is 4.96. The van der Waals surface area contributed by atoms with Crippen LogP contribution in [0.15, 0.2) is 0 Å². The van der Waals surface area contributed by atoms with Crippen molar-refractivity contribution < 1.29 is 38.8 Å². The van der Waals surface area contributed by atoms with E-state index < -0.39 is 48.5 Å². The zero-order chi connectivity index (χ0) is 16.2. The van der Waals surface area contributed by atoms with Gasteiger partial charge in [-0.05, 0) is 0 Å². The van der Waals surface area contributed by atoms with Crippen molar-refractivity contribution in [1.29, 1.82) is 0 Å². The fourth-order valence-corrected chi connectivity index (χ4v) is 2.00. The van der Waals surface area contributed by atoms with Crippen molar-refractivity contribution in [2.45, 2.75) is 51.4 Å². The van der Waals surface area contributed by atoms with E-state index in [9.17, 15) is 24.6 Å². The van der Waals surface area contributed by atoms with Crippen LogP contribution in [-0.2, 0) is 28.6 Å². The van der Waals surface area contributed by atoms with Gasteiger partial charge in [0.05, 0.1) is 0 Å². The Kier molecular flexibility index (Phi) is 6.06. The molecule has 0 saturated carbocycles. The lowest BCUT2D eigenvalue weighted by atomic mass is 9.96. The molecule has 21 heavy (non-hydrogen) atoms. The Balaban J connectivity index is 2.86. The molecule has 0 radical (unpaired) electrons. The molecule has 1 amide bonds. The molecule has 120 valence electrons. The van der Waals surface area contributed by atoms with E-state index in [1.165, 1.54) is 13.8 Å². The average Bonchev–Trinajstić information content (AvgIpc) is 2.35. The van der Waals surface area contributed by atoms with Crippen LogP contribution in [0.5, 0.6) is 0 Å². The van der Waals surface area contributed by atoms with Crippen LogP contribution in [0.2, 0.25) is 0 Å². The molecule has 1 rings (SSSR count). The lowest BCUT2D eigenvalue weighted by Crippen LogP contribution is -2.65. The molecular formula is C12H19NO8. The fourth-order valence-electron chi connectivity index (χ4n) is 2.00. The summed E-state index contributed by atoms with van der Waals surface area (Å²) in [5, 5.41) is 22.3. The van der Waals surface area contributed by atoms with Crippen molar-refractivity contribution in [1.82, 2.24) is 5.32 Å². The summed E-state index contributed by atoms with van der Waals surface area (Å²) >= 11 is 0. The van der Waals surface area contributed by atoms with Gasteiger partial charge in [0.25, 0.3) is 0 Å². The van der Waals surface area contributed by atoms with Crippen LogP contribution in [0.25, 0.3) is 0 Å². The Morgan fingerprint density at radius 1 is 1.14 bits per heavy atom. The Bertz CT molecular complexity index is 410. The van der Waals surface area contributed by atoms with Crippen molar-refractivity contribution in [3.63, 3.8) is 0 Å². The standard InChI is InChI=1S/C12H19NO8/c1-5(14)13-9-10(17)11(20-7(3)16)8(21-12(9)18)4-19-6(2)15/h8-12,17-18H,4H2,1-3H3,(H,13,14)/t8?,9?,10-,11-,12?/m1/s1. The first-order valence-electron chi connectivity index (χ1n) is 6.31. The number of hydrogen-bond acceptors (Lipinski definition) is 8. The van der Waals surface area contributed by atoms with E-state index in [0.717, 1.165) is 6.92 Å². The zero-order valence-corrected chi connectivity index (χ0v) is 11.9. The van der Waals surface area contributed by atoms with Gasteiger partial charge in [-0.3, -0.25) is 14.4 Å². The third-order valence-electron chi connectivity index (χ3n) is 2.82. The molecule has 3 N–H and O–H groups in total. The number of esters is 2. The first-order valence-corrected chi connectivity index (χ1v) is 6.31. The number of aliphatic hydroxyl groups excluding tert-OH is 2. The number of carbonyl (C=O) groups is 3. The summed E-state index contributed by atoms with van der Waals surface area (Å²) in [5.41, 5.74) is 0. The van der Waals surface area contributed by atoms with Crippen LogP contribution in [0.1, 0.15) is 20.8 Å². The number of carbonyl (C=O) groups excluding carboxylic acids is 3. The molecule has 9 nitrogen and oxygen atoms in total. The number of nitrogens with one attached hydrogen (secondary N) is 1. The number of ether oxygens (including phenoxy) is 3. The lowest BCUT2D eigenvalue weighted by Gasteiger charge is -2.41. The highest BCUT2D eigenvalue weighted by atomic mass is 16.7. The molecule has 9 heteroatoms. The first kappa shape index (κ1) is 17.3. The molecule has 1 fully saturated rings. The van der Waals surface area contributed by atoms with Crippen LogP contribution >= 0.6 is 0 Å². The van der Waals surface area contributed by atoms with E-state index in [1.807, 2.05) is 0 Å². The number of rotatable bonds is 4. The van der Waals surface area contributed by atoms with E-state index in [4.69, 9.17) is 14.2 Å². The lowest BCUT2D eigenvalue weighted by molar-refractivity contribution is -0.260. The van der Waals surface area contributed by atoms with Gasteiger partial charge in [0.15, 0.2) is 12.4 Å². The minimum absolute atomic E-state index is 0.311. The molecule has 3 unspecified atom stereocenters. The van der Waals surface area contributed by atoms with Gasteiger partial charge in [-0.15, -0.1) is 0 Å². The molecule has 1 saturated heterocycles. The molecule has 1 aliphatic heterocycles. The number of hydrogen-bond donors (Lipinski definition) is 3. The van der Waals surface area contributed by atoms with Gasteiger partial charge in [0.1, 0.15) is 24.9 Å². The van der Waals surface area contributed by atoms with Gasteiger partial charge < -0.3 is 29.7 Å². The Morgan fingerprint density at radius 2 is 1.76 bits per heavy atom. The Labute approximate surface area is 121 Å². The summed E-state index contributed by atoms with van der Waals surface area (Å²) in [7, 11) is 0. The van der Waals surface area contributed by atoms with Crippen molar-refractivity contribution >= 4 is 17.8 Å². The van der Waals surface area contributed by atoms with E-state index >= 15 is 0 Å². The zero-order valence-electron chi connectivity index (χ0n) is 11.9. The highest BCUT2D eigenvalue weighted by molar-refractivity contribution is 5.73. The second kappa shape index (κ2) is 7.34. The summed E-state index contributed by atoms with van der Waals surface area (Å²) in [6.45, 7) is 3.20. The average molecular weight is 305 g/mol. The van der Waals surface area contributed by atoms with Crippen molar-refractivity contribution in [2.75, 3.05) is 6.61 Å². The molecule has 1 aliphatic rings. The molecule has 0 bridgehead atoms. The van der Waals surface area contributed by atoms with E-state index in [2.05, 4.69) is 5.32 Å². The Hall–Kier alpha value is -1.71. The van der Waals surface area contributed by atoms with Crippen LogP contribution < -0.4 is 5.32 Å². The van der Waals surface area contributed by atoms with Gasteiger partial charge in [-0.1, -0.05) is 0 Å². The third-order valence-corrected chi connectivity index (χ3v) is 2.82. The predicted octanol–water partition coefficient (Wildman–Crippen LogP) is -1.94. The molecule has 0 aliphatic carbocycles. The van der Waals surface area contributed by atoms with Gasteiger partial charge in [-0.2, -0.15) is 0 Å². The molecule has 0 aromatic rings. The highest BCUT2D eigenvalue weighted by Gasteiger charge is 2.47. The molecule has 1 heterocycles. The second-order valence-electron chi connectivity index (χ2n) is 4.66. The normalized spacial score (nSPS) is 32.1. The van der Waals surface area contributed by atoms with Gasteiger partial charge in [-0.25, -0.2) is 0 Å². The Morgan fingerprint density at radius 3 is 2.24 bits per heavy atom. The SMILES string of the molecule is CC(=O)NC1C(O)OC(COC(C)=O)[C@@H](OC(C)=O)[C@@H]1O. The number of amides is 1. The molecular weight excluding hydrogens is 286 g/mol. The van der Waals surface area contributed by atoms with Gasteiger partial charge >= 0.3 is 11.9 Å². The predicted molar refractivity (Wildman–Crippen MR) is 66.7 cm³/mol. The highest BCUT2D eigenvalue weighted by Crippen LogP contribution is 2.23.